The summed E-state index contributed by atoms with van der Waals surface area (Å²) in [7, 11) is 2.05. The summed E-state index contributed by atoms with van der Waals surface area (Å²) < 4.78 is 5.32. The fraction of sp³-hybridized carbons (Fsp3) is 1.00. The van der Waals surface area contributed by atoms with Gasteiger partial charge in [0.2, 0.25) is 0 Å². The quantitative estimate of drug-likeness (QED) is 0.674. The maximum atomic E-state index is 5.32. The molecule has 2 aliphatic rings. The lowest BCUT2D eigenvalue weighted by Crippen LogP contribution is -2.37. The first kappa shape index (κ1) is 9.44. The van der Waals surface area contributed by atoms with Crippen molar-refractivity contribution in [1.29, 1.82) is 0 Å². The minimum Gasteiger partial charge on any atom is -0.379 e. The van der Waals surface area contributed by atoms with Gasteiger partial charge in [-0.2, -0.15) is 0 Å². The molecule has 1 saturated heterocycles. The van der Waals surface area contributed by atoms with Crippen molar-refractivity contribution < 1.29 is 4.74 Å². The van der Waals surface area contributed by atoms with Crippen LogP contribution < -0.4 is 5.32 Å². The third kappa shape index (κ3) is 2.66. The Labute approximate surface area is 80.4 Å². The number of nitrogens with one attached hydrogen (secondary N) is 1. The van der Waals surface area contributed by atoms with Crippen molar-refractivity contribution in [2.24, 2.45) is 11.8 Å². The van der Waals surface area contributed by atoms with Gasteiger partial charge in [0, 0.05) is 19.6 Å². The van der Waals surface area contributed by atoms with Crippen molar-refractivity contribution in [2.45, 2.75) is 6.42 Å². The SMILES string of the molecule is CNC[C@H]1C[C@@H]1CN1CCOCC1. The predicted octanol–water partition coefficient (Wildman–Crippen LogP) is 0.174. The van der Waals surface area contributed by atoms with Crippen LogP contribution in [0.3, 0.4) is 0 Å². The third-order valence-corrected chi connectivity index (χ3v) is 3.13. The van der Waals surface area contributed by atoms with Crippen molar-refractivity contribution in [3.05, 3.63) is 0 Å². The minimum absolute atomic E-state index is 0.934. The van der Waals surface area contributed by atoms with E-state index >= 15 is 0 Å². The summed E-state index contributed by atoms with van der Waals surface area (Å²) in [5, 5.41) is 3.25. The van der Waals surface area contributed by atoms with Crippen LogP contribution in [0.1, 0.15) is 6.42 Å². The molecule has 3 nitrogen and oxygen atoms in total. The van der Waals surface area contributed by atoms with E-state index in [-0.39, 0.29) is 0 Å². The Morgan fingerprint density at radius 3 is 2.77 bits per heavy atom. The molecule has 2 atom stereocenters. The lowest BCUT2D eigenvalue weighted by molar-refractivity contribution is 0.0351. The molecule has 1 N–H and O–H groups in total. The molecule has 1 aliphatic carbocycles. The van der Waals surface area contributed by atoms with Crippen LogP contribution in [0, 0.1) is 11.8 Å². The van der Waals surface area contributed by atoms with Crippen LogP contribution in [0.5, 0.6) is 0 Å². The molecule has 0 bridgehead atoms. The van der Waals surface area contributed by atoms with Crippen LogP contribution in [0.25, 0.3) is 0 Å². The van der Waals surface area contributed by atoms with Crippen molar-refractivity contribution in [2.75, 3.05) is 46.4 Å². The molecule has 3 heteroatoms. The maximum absolute atomic E-state index is 5.32. The van der Waals surface area contributed by atoms with Crippen molar-refractivity contribution in [1.82, 2.24) is 10.2 Å². The molecule has 2 rings (SSSR count). The monoisotopic (exact) mass is 184 g/mol. The number of nitrogens with zero attached hydrogens (tertiary/aromatic N) is 1. The lowest BCUT2D eigenvalue weighted by atomic mass is 10.3. The third-order valence-electron chi connectivity index (χ3n) is 3.13. The first-order chi connectivity index (χ1) is 6.40. The van der Waals surface area contributed by atoms with Gasteiger partial charge < -0.3 is 10.1 Å². The number of morpholine rings is 1. The topological polar surface area (TPSA) is 24.5 Å². The highest BCUT2D eigenvalue weighted by Crippen LogP contribution is 2.38. The summed E-state index contributed by atoms with van der Waals surface area (Å²) >= 11 is 0. The number of hydrogen-bond acceptors (Lipinski definition) is 3. The second-order valence-corrected chi connectivity index (χ2v) is 4.23. The molecule has 1 aliphatic heterocycles. The van der Waals surface area contributed by atoms with Gasteiger partial charge in [0.05, 0.1) is 13.2 Å². The molecule has 0 aromatic rings. The Bertz CT molecular complexity index is 157. The van der Waals surface area contributed by atoms with E-state index < -0.39 is 0 Å². The minimum atomic E-state index is 0.934. The van der Waals surface area contributed by atoms with Gasteiger partial charge in [0.25, 0.3) is 0 Å². The van der Waals surface area contributed by atoms with Crippen LogP contribution in [-0.2, 0) is 4.74 Å². The molecule has 1 saturated carbocycles. The second-order valence-electron chi connectivity index (χ2n) is 4.23. The Morgan fingerprint density at radius 1 is 1.31 bits per heavy atom. The lowest BCUT2D eigenvalue weighted by Gasteiger charge is -2.26. The summed E-state index contributed by atoms with van der Waals surface area (Å²) in [6.45, 7) is 6.66. The van der Waals surface area contributed by atoms with E-state index in [1.807, 2.05) is 7.05 Å². The van der Waals surface area contributed by atoms with Crippen molar-refractivity contribution >= 4 is 0 Å². The first-order valence-electron chi connectivity index (χ1n) is 5.35. The first-order valence-corrected chi connectivity index (χ1v) is 5.35. The largest absolute Gasteiger partial charge is 0.379 e. The average Bonchev–Trinajstić information content (AvgIpc) is 2.86. The zero-order chi connectivity index (χ0) is 9.10. The van der Waals surface area contributed by atoms with E-state index in [0.29, 0.717) is 0 Å². The van der Waals surface area contributed by atoms with Crippen molar-refractivity contribution in [3.8, 4) is 0 Å². The zero-order valence-electron chi connectivity index (χ0n) is 8.46. The normalized spacial score (nSPS) is 34.8. The summed E-state index contributed by atoms with van der Waals surface area (Å²) in [4.78, 5) is 2.55. The van der Waals surface area contributed by atoms with Gasteiger partial charge in [0.15, 0.2) is 0 Å². The van der Waals surface area contributed by atoms with Gasteiger partial charge in [-0.15, -0.1) is 0 Å². The summed E-state index contributed by atoms with van der Waals surface area (Å²) in [5.74, 6) is 1.92. The summed E-state index contributed by atoms with van der Waals surface area (Å²) in [6, 6.07) is 0. The molecular formula is C10H20N2O. The average molecular weight is 184 g/mol. The van der Waals surface area contributed by atoms with Gasteiger partial charge >= 0.3 is 0 Å². The van der Waals surface area contributed by atoms with Crippen LogP contribution in [0.2, 0.25) is 0 Å². The van der Waals surface area contributed by atoms with Crippen molar-refractivity contribution in [3.63, 3.8) is 0 Å². The Morgan fingerprint density at radius 2 is 2.08 bits per heavy atom. The summed E-state index contributed by atoms with van der Waals surface area (Å²) in [6.07, 6.45) is 1.43. The Hall–Kier alpha value is -0.120. The molecule has 13 heavy (non-hydrogen) atoms. The molecule has 0 spiro atoms. The highest BCUT2D eigenvalue weighted by molar-refractivity contribution is 4.89. The second kappa shape index (κ2) is 4.40. The molecule has 0 aromatic heterocycles. The number of ether oxygens (including phenoxy) is 1. The van der Waals surface area contributed by atoms with E-state index in [1.165, 1.54) is 19.5 Å². The Balaban J connectivity index is 1.62. The van der Waals surface area contributed by atoms with E-state index in [2.05, 4.69) is 10.2 Å². The molecule has 0 amide bonds. The molecule has 2 fully saturated rings. The zero-order valence-corrected chi connectivity index (χ0v) is 8.46. The summed E-state index contributed by atoms with van der Waals surface area (Å²) in [5.41, 5.74) is 0. The van der Waals surface area contributed by atoms with Gasteiger partial charge in [0.1, 0.15) is 0 Å². The molecule has 0 aromatic carbocycles. The number of hydrogen-bond donors (Lipinski definition) is 1. The molecule has 0 radical (unpaired) electrons. The molecular weight excluding hydrogens is 164 g/mol. The highest BCUT2D eigenvalue weighted by Gasteiger charge is 2.37. The van der Waals surface area contributed by atoms with Gasteiger partial charge in [-0.25, -0.2) is 0 Å². The predicted molar refractivity (Wildman–Crippen MR) is 52.8 cm³/mol. The Kier molecular flexibility index (Phi) is 3.19. The van der Waals surface area contributed by atoms with Crippen LogP contribution in [0.4, 0.5) is 0 Å². The van der Waals surface area contributed by atoms with Gasteiger partial charge in [-0.1, -0.05) is 0 Å². The van der Waals surface area contributed by atoms with Crippen LogP contribution in [-0.4, -0.2) is 51.3 Å². The van der Waals surface area contributed by atoms with E-state index in [1.54, 1.807) is 0 Å². The van der Waals surface area contributed by atoms with Crippen LogP contribution in [0.15, 0.2) is 0 Å². The molecule has 1 heterocycles. The smallest absolute Gasteiger partial charge is 0.0594 e. The fourth-order valence-corrected chi connectivity index (χ4v) is 2.16. The van der Waals surface area contributed by atoms with E-state index in [4.69, 9.17) is 4.74 Å². The van der Waals surface area contributed by atoms with Gasteiger partial charge in [-0.3, -0.25) is 4.90 Å². The number of rotatable bonds is 4. The standard InChI is InChI=1S/C10H20N2O/c1-11-7-9-6-10(9)8-12-2-4-13-5-3-12/h9-11H,2-8H2,1H3/t9-,10-/m1/s1. The highest BCUT2D eigenvalue weighted by atomic mass is 16.5. The molecule has 76 valence electrons. The van der Waals surface area contributed by atoms with E-state index in [9.17, 15) is 0 Å². The molecule has 0 unspecified atom stereocenters. The maximum Gasteiger partial charge on any atom is 0.0594 e. The van der Waals surface area contributed by atoms with Crippen LogP contribution >= 0.6 is 0 Å². The van der Waals surface area contributed by atoms with E-state index in [0.717, 1.165) is 38.1 Å². The van der Waals surface area contributed by atoms with Gasteiger partial charge in [-0.05, 0) is 31.8 Å². The fourth-order valence-electron chi connectivity index (χ4n) is 2.16.